The minimum Gasteiger partial charge on any atom is -0.488 e. The molecule has 136 valence electrons. The highest BCUT2D eigenvalue weighted by molar-refractivity contribution is 5.77. The maximum atomic E-state index is 12.8. The van der Waals surface area contributed by atoms with Gasteiger partial charge in [0.2, 0.25) is 5.91 Å². The minimum absolute atomic E-state index is 0.0465. The summed E-state index contributed by atoms with van der Waals surface area (Å²) in [4.78, 5) is 20.2. The Bertz CT molecular complexity index is 680. The van der Waals surface area contributed by atoms with E-state index in [-0.39, 0.29) is 23.7 Å². The molecule has 0 aromatic carbocycles. The van der Waals surface area contributed by atoms with Crippen molar-refractivity contribution in [3.05, 3.63) is 17.8 Å². The average molecular weight is 355 g/mol. The van der Waals surface area contributed by atoms with Gasteiger partial charge in [0.15, 0.2) is 11.6 Å². The number of amides is 1. The van der Waals surface area contributed by atoms with Crippen LogP contribution in [0.4, 0.5) is 19.0 Å². The van der Waals surface area contributed by atoms with E-state index in [0.29, 0.717) is 25.4 Å². The third-order valence-electron chi connectivity index (χ3n) is 5.35. The predicted molar refractivity (Wildman–Crippen MR) is 84.5 cm³/mol. The molecule has 0 aliphatic carbocycles. The van der Waals surface area contributed by atoms with E-state index < -0.39 is 11.7 Å². The normalized spacial score (nSPS) is 26.8. The highest BCUT2D eigenvalue weighted by Crippen LogP contribution is 2.40. The molecule has 2 unspecified atom stereocenters. The van der Waals surface area contributed by atoms with Crippen molar-refractivity contribution >= 4 is 11.7 Å². The number of alkyl halides is 3. The first-order chi connectivity index (χ1) is 11.9. The van der Waals surface area contributed by atoms with Crippen molar-refractivity contribution in [1.82, 2.24) is 9.88 Å². The van der Waals surface area contributed by atoms with E-state index in [4.69, 9.17) is 4.74 Å². The first kappa shape index (κ1) is 16.5. The average Bonchev–Trinajstić information content (AvgIpc) is 2.60. The maximum Gasteiger partial charge on any atom is 0.418 e. The van der Waals surface area contributed by atoms with Gasteiger partial charge in [-0.1, -0.05) is 0 Å². The number of likely N-dealkylation sites (tertiary alicyclic amines) is 1. The van der Waals surface area contributed by atoms with Gasteiger partial charge in [-0.2, -0.15) is 13.2 Å². The van der Waals surface area contributed by atoms with E-state index in [1.165, 1.54) is 0 Å². The molecule has 0 spiro atoms. The quantitative estimate of drug-likeness (QED) is 0.777. The molecule has 8 heteroatoms. The number of hydrogen-bond donors (Lipinski definition) is 0. The third kappa shape index (κ3) is 3.02. The van der Waals surface area contributed by atoms with Crippen molar-refractivity contribution in [3.8, 4) is 5.75 Å². The number of rotatable bonds is 1. The monoisotopic (exact) mass is 355 g/mol. The molecule has 0 radical (unpaired) electrons. The third-order valence-corrected chi connectivity index (χ3v) is 5.35. The van der Waals surface area contributed by atoms with Gasteiger partial charge in [-0.05, 0) is 31.7 Å². The summed E-state index contributed by atoms with van der Waals surface area (Å²) in [7, 11) is 0. The lowest BCUT2D eigenvalue weighted by atomic mass is 9.93. The van der Waals surface area contributed by atoms with Crippen LogP contribution in [0.1, 0.15) is 37.7 Å². The molecule has 2 fully saturated rings. The summed E-state index contributed by atoms with van der Waals surface area (Å²) in [5.74, 6) is 0.890. The Balaban J connectivity index is 1.51. The number of aromatic nitrogens is 1. The number of carbonyl (C=O) groups excluding carboxylic acids is 1. The number of anilines is 1. The molecule has 2 saturated heterocycles. The van der Waals surface area contributed by atoms with Gasteiger partial charge in [0.25, 0.3) is 0 Å². The molecule has 3 aliphatic rings. The molecule has 3 aliphatic heterocycles. The van der Waals surface area contributed by atoms with Gasteiger partial charge < -0.3 is 14.5 Å². The number of carbonyl (C=O) groups is 1. The summed E-state index contributed by atoms with van der Waals surface area (Å²) in [6.07, 6.45) is 0.635. The van der Waals surface area contributed by atoms with Crippen LogP contribution in [0, 0.1) is 0 Å². The molecule has 4 heterocycles. The van der Waals surface area contributed by atoms with Crippen LogP contribution in [0.2, 0.25) is 0 Å². The Kier molecular flexibility index (Phi) is 4.00. The van der Waals surface area contributed by atoms with E-state index in [9.17, 15) is 18.0 Å². The van der Waals surface area contributed by atoms with Gasteiger partial charge in [0, 0.05) is 31.7 Å². The van der Waals surface area contributed by atoms with Crippen LogP contribution in [0.15, 0.2) is 12.3 Å². The SMILES string of the molecule is O=C1CCCCN1C1CCN2c3ncc(C(F)(F)F)cc3OCC2C1. The first-order valence-corrected chi connectivity index (χ1v) is 8.69. The fraction of sp³-hybridized carbons (Fsp3) is 0.647. The molecule has 5 nitrogen and oxygen atoms in total. The predicted octanol–water partition coefficient (Wildman–Crippen LogP) is 2.84. The lowest BCUT2D eigenvalue weighted by Crippen LogP contribution is -2.55. The molecule has 1 aromatic heterocycles. The van der Waals surface area contributed by atoms with Gasteiger partial charge in [0.1, 0.15) is 6.61 Å². The molecule has 2 atom stereocenters. The van der Waals surface area contributed by atoms with Gasteiger partial charge in [-0.25, -0.2) is 4.98 Å². The Labute approximate surface area is 143 Å². The van der Waals surface area contributed by atoms with Crippen LogP contribution in [-0.2, 0) is 11.0 Å². The highest BCUT2D eigenvalue weighted by Gasteiger charge is 2.40. The van der Waals surface area contributed by atoms with Gasteiger partial charge in [-0.3, -0.25) is 4.79 Å². The van der Waals surface area contributed by atoms with E-state index in [1.54, 1.807) is 0 Å². The van der Waals surface area contributed by atoms with Crippen molar-refractivity contribution in [2.75, 3.05) is 24.6 Å². The largest absolute Gasteiger partial charge is 0.488 e. The lowest BCUT2D eigenvalue weighted by Gasteiger charge is -2.46. The number of fused-ring (bicyclic) bond motifs is 3. The second-order valence-electron chi connectivity index (χ2n) is 6.92. The van der Waals surface area contributed by atoms with E-state index in [0.717, 1.165) is 44.5 Å². The Morgan fingerprint density at radius 2 is 2.00 bits per heavy atom. The van der Waals surface area contributed by atoms with Crippen molar-refractivity contribution in [3.63, 3.8) is 0 Å². The van der Waals surface area contributed by atoms with Crippen molar-refractivity contribution in [1.29, 1.82) is 0 Å². The second kappa shape index (κ2) is 6.07. The van der Waals surface area contributed by atoms with E-state index in [2.05, 4.69) is 4.98 Å². The number of nitrogens with zero attached hydrogens (tertiary/aromatic N) is 3. The Hall–Kier alpha value is -1.99. The van der Waals surface area contributed by atoms with Crippen LogP contribution >= 0.6 is 0 Å². The number of ether oxygens (including phenoxy) is 1. The van der Waals surface area contributed by atoms with Crippen LogP contribution in [0.3, 0.4) is 0 Å². The lowest BCUT2D eigenvalue weighted by molar-refractivity contribution is -0.138. The van der Waals surface area contributed by atoms with Gasteiger partial charge in [0.05, 0.1) is 11.6 Å². The summed E-state index contributed by atoms with van der Waals surface area (Å²) >= 11 is 0. The van der Waals surface area contributed by atoms with Crippen LogP contribution in [0.5, 0.6) is 5.75 Å². The van der Waals surface area contributed by atoms with Gasteiger partial charge in [-0.15, -0.1) is 0 Å². The van der Waals surface area contributed by atoms with Crippen molar-refractivity contribution in [2.24, 2.45) is 0 Å². The topological polar surface area (TPSA) is 45.7 Å². The highest BCUT2D eigenvalue weighted by atomic mass is 19.4. The molecule has 25 heavy (non-hydrogen) atoms. The minimum atomic E-state index is -4.43. The Morgan fingerprint density at radius 3 is 2.76 bits per heavy atom. The van der Waals surface area contributed by atoms with Crippen LogP contribution in [-0.4, -0.2) is 47.6 Å². The summed E-state index contributed by atoms with van der Waals surface area (Å²) in [5, 5.41) is 0. The van der Waals surface area contributed by atoms with Crippen LogP contribution in [0.25, 0.3) is 0 Å². The number of halogens is 3. The zero-order valence-electron chi connectivity index (χ0n) is 13.8. The number of hydrogen-bond acceptors (Lipinski definition) is 4. The van der Waals surface area contributed by atoms with Gasteiger partial charge >= 0.3 is 6.18 Å². The van der Waals surface area contributed by atoms with Crippen molar-refractivity contribution < 1.29 is 22.7 Å². The fourth-order valence-electron chi connectivity index (χ4n) is 4.06. The molecule has 0 saturated carbocycles. The zero-order chi connectivity index (χ0) is 17.6. The maximum absolute atomic E-state index is 12.8. The summed E-state index contributed by atoms with van der Waals surface area (Å²) in [6, 6.07) is 1.26. The fourth-order valence-corrected chi connectivity index (χ4v) is 4.06. The zero-order valence-corrected chi connectivity index (χ0v) is 13.8. The summed E-state index contributed by atoms with van der Waals surface area (Å²) in [5.41, 5.74) is -0.793. The molecule has 1 aromatic rings. The molecule has 4 rings (SSSR count). The molecular weight excluding hydrogens is 335 g/mol. The smallest absolute Gasteiger partial charge is 0.418 e. The second-order valence-corrected chi connectivity index (χ2v) is 6.92. The van der Waals surface area contributed by atoms with E-state index >= 15 is 0 Å². The van der Waals surface area contributed by atoms with E-state index in [1.807, 2.05) is 9.80 Å². The molecular formula is C17H20F3N3O2. The molecule has 1 amide bonds. The Morgan fingerprint density at radius 1 is 1.16 bits per heavy atom. The molecule has 0 N–H and O–H groups in total. The summed E-state index contributed by atoms with van der Waals surface area (Å²) < 4.78 is 44.1. The number of piperidine rings is 2. The standard InChI is InChI=1S/C17H20F3N3O2/c18-17(19,20)11-7-14-16(21-9-11)23-6-4-12(8-13(23)10-25-14)22-5-2-1-3-15(22)24/h7,9,12-13H,1-6,8,10H2. The summed E-state index contributed by atoms with van der Waals surface area (Å²) in [6.45, 7) is 1.81. The van der Waals surface area contributed by atoms with Crippen LogP contribution < -0.4 is 9.64 Å². The number of pyridine rings is 1. The van der Waals surface area contributed by atoms with Crippen molar-refractivity contribution in [2.45, 2.75) is 50.4 Å². The first-order valence-electron chi connectivity index (χ1n) is 8.69. The molecule has 0 bridgehead atoms.